The van der Waals surface area contributed by atoms with Crippen LogP contribution in [-0.2, 0) is 0 Å². The Labute approximate surface area is 64.5 Å². The third-order valence-corrected chi connectivity index (χ3v) is 1.63. The molecule has 1 aromatic carbocycles. The summed E-state index contributed by atoms with van der Waals surface area (Å²) in [6, 6.07) is 1.60. The maximum Gasteiger partial charge on any atom is 0.200 e. The molecule has 0 spiro atoms. The highest BCUT2D eigenvalue weighted by Gasteiger charge is 2.10. The molecule has 0 saturated carbocycles. The molecule has 0 aliphatic carbocycles. The van der Waals surface area contributed by atoms with Gasteiger partial charge in [-0.1, -0.05) is 0 Å². The zero-order valence-corrected chi connectivity index (χ0v) is 6.42. The van der Waals surface area contributed by atoms with E-state index in [0.29, 0.717) is 11.1 Å². The van der Waals surface area contributed by atoms with Crippen LogP contribution in [0.1, 0.15) is 11.1 Å². The molecule has 0 fully saturated rings. The van der Waals surface area contributed by atoms with Gasteiger partial charge in [-0.25, -0.2) is 0 Å². The zero-order chi connectivity index (χ0) is 8.59. The lowest BCUT2D eigenvalue weighted by Gasteiger charge is -2.05. The minimum atomic E-state index is -0.442. The Balaban J connectivity index is 3.46. The van der Waals surface area contributed by atoms with Crippen LogP contribution in [0.15, 0.2) is 6.07 Å². The van der Waals surface area contributed by atoms with E-state index in [1.165, 1.54) is 0 Å². The Hall–Kier alpha value is -1.38. The first-order chi connectivity index (χ1) is 5.04. The van der Waals surface area contributed by atoms with Gasteiger partial charge in [-0.3, -0.25) is 0 Å². The number of aryl methyl sites for hydroxylation is 2. The Kier molecular flexibility index (Phi) is 1.64. The first-order valence-electron chi connectivity index (χ1n) is 3.25. The largest absolute Gasteiger partial charge is 0.504 e. The normalized spacial score (nSPS) is 10.0. The summed E-state index contributed by atoms with van der Waals surface area (Å²) in [6.45, 7) is 3.31. The minimum absolute atomic E-state index is 0.256. The van der Waals surface area contributed by atoms with Crippen molar-refractivity contribution in [1.82, 2.24) is 0 Å². The van der Waals surface area contributed by atoms with Crippen LogP contribution >= 0.6 is 0 Å². The Morgan fingerprint density at radius 3 is 1.55 bits per heavy atom. The second kappa shape index (κ2) is 2.34. The highest BCUT2D eigenvalue weighted by molar-refractivity contribution is 5.56. The summed E-state index contributed by atoms with van der Waals surface area (Å²) < 4.78 is 0. The van der Waals surface area contributed by atoms with E-state index >= 15 is 0 Å². The van der Waals surface area contributed by atoms with Crippen molar-refractivity contribution in [3.8, 4) is 17.2 Å². The van der Waals surface area contributed by atoms with E-state index < -0.39 is 5.75 Å². The fourth-order valence-electron chi connectivity index (χ4n) is 0.947. The van der Waals surface area contributed by atoms with Crippen LogP contribution in [0.3, 0.4) is 0 Å². The molecule has 60 valence electrons. The van der Waals surface area contributed by atoms with E-state index in [2.05, 4.69) is 0 Å². The molecule has 0 aliphatic heterocycles. The number of hydrogen-bond donors (Lipinski definition) is 3. The molecule has 0 atom stereocenters. The van der Waals surface area contributed by atoms with E-state index in [1.54, 1.807) is 19.9 Å². The fourth-order valence-corrected chi connectivity index (χ4v) is 0.947. The van der Waals surface area contributed by atoms with Gasteiger partial charge in [0.2, 0.25) is 5.75 Å². The second-order valence-electron chi connectivity index (χ2n) is 2.56. The van der Waals surface area contributed by atoms with Gasteiger partial charge in [0.15, 0.2) is 11.5 Å². The van der Waals surface area contributed by atoms with Gasteiger partial charge in [-0.2, -0.15) is 0 Å². The Morgan fingerprint density at radius 1 is 0.818 bits per heavy atom. The third kappa shape index (κ3) is 1.09. The monoisotopic (exact) mass is 154 g/mol. The summed E-state index contributed by atoms with van der Waals surface area (Å²) in [4.78, 5) is 0. The summed E-state index contributed by atoms with van der Waals surface area (Å²) in [6.07, 6.45) is 0. The van der Waals surface area contributed by atoms with E-state index in [1.807, 2.05) is 0 Å². The first kappa shape index (κ1) is 7.72. The molecule has 0 aliphatic rings. The maximum absolute atomic E-state index is 9.10. The number of aromatic hydroxyl groups is 3. The molecule has 3 nitrogen and oxygen atoms in total. The summed E-state index contributed by atoms with van der Waals surface area (Å²) in [5.41, 5.74) is 1.11. The molecule has 0 radical (unpaired) electrons. The van der Waals surface area contributed by atoms with Crippen molar-refractivity contribution < 1.29 is 15.3 Å². The predicted octanol–water partition coefficient (Wildman–Crippen LogP) is 1.42. The van der Waals surface area contributed by atoms with Crippen molar-refractivity contribution in [3.05, 3.63) is 17.2 Å². The summed E-state index contributed by atoms with van der Waals surface area (Å²) in [7, 11) is 0. The number of hydrogen-bond acceptors (Lipinski definition) is 3. The van der Waals surface area contributed by atoms with E-state index in [0.717, 1.165) is 0 Å². The van der Waals surface area contributed by atoms with Crippen LogP contribution in [0.25, 0.3) is 0 Å². The van der Waals surface area contributed by atoms with Crippen molar-refractivity contribution in [2.45, 2.75) is 13.8 Å². The molecule has 1 rings (SSSR count). The molecule has 0 heterocycles. The highest BCUT2D eigenvalue weighted by Crippen LogP contribution is 2.39. The lowest BCUT2D eigenvalue weighted by atomic mass is 10.1. The number of benzene rings is 1. The Morgan fingerprint density at radius 2 is 1.18 bits per heavy atom. The predicted molar refractivity (Wildman–Crippen MR) is 40.9 cm³/mol. The lowest BCUT2D eigenvalue weighted by Crippen LogP contribution is -1.81. The molecule has 0 bridgehead atoms. The van der Waals surface area contributed by atoms with Crippen LogP contribution in [0.4, 0.5) is 0 Å². The van der Waals surface area contributed by atoms with Gasteiger partial charge in [-0.15, -0.1) is 0 Å². The summed E-state index contributed by atoms with van der Waals surface area (Å²) in [5, 5.41) is 27.3. The molecule has 11 heavy (non-hydrogen) atoms. The standard InChI is InChI=1S/C8H10O3/c1-4-3-5(2)7(10)8(11)6(4)9/h3,9-11H,1-2H3. The van der Waals surface area contributed by atoms with Crippen molar-refractivity contribution >= 4 is 0 Å². The van der Waals surface area contributed by atoms with E-state index in [-0.39, 0.29) is 11.5 Å². The summed E-state index contributed by atoms with van der Waals surface area (Å²) in [5.74, 6) is -0.955. The third-order valence-electron chi connectivity index (χ3n) is 1.63. The van der Waals surface area contributed by atoms with Crippen LogP contribution in [0.5, 0.6) is 17.2 Å². The van der Waals surface area contributed by atoms with Gasteiger partial charge in [0, 0.05) is 0 Å². The van der Waals surface area contributed by atoms with Gasteiger partial charge in [0.1, 0.15) is 0 Å². The molecular weight excluding hydrogens is 144 g/mol. The second-order valence-corrected chi connectivity index (χ2v) is 2.56. The average molecular weight is 154 g/mol. The SMILES string of the molecule is Cc1cc(C)c(O)c(O)c1O. The van der Waals surface area contributed by atoms with Crippen LogP contribution in [0, 0.1) is 13.8 Å². The molecule has 0 aromatic heterocycles. The summed E-state index contributed by atoms with van der Waals surface area (Å²) >= 11 is 0. The fraction of sp³-hybridized carbons (Fsp3) is 0.250. The quantitative estimate of drug-likeness (QED) is 0.495. The first-order valence-corrected chi connectivity index (χ1v) is 3.25. The van der Waals surface area contributed by atoms with Crippen molar-refractivity contribution in [1.29, 1.82) is 0 Å². The molecule has 0 amide bonds. The topological polar surface area (TPSA) is 60.7 Å². The maximum atomic E-state index is 9.10. The molecule has 1 aromatic rings. The molecule has 0 saturated heterocycles. The van der Waals surface area contributed by atoms with E-state index in [9.17, 15) is 0 Å². The number of phenolic OH excluding ortho intramolecular Hbond substituents is 3. The van der Waals surface area contributed by atoms with Crippen LogP contribution in [0.2, 0.25) is 0 Å². The van der Waals surface area contributed by atoms with Crippen LogP contribution in [-0.4, -0.2) is 15.3 Å². The van der Waals surface area contributed by atoms with E-state index in [4.69, 9.17) is 15.3 Å². The van der Waals surface area contributed by atoms with Crippen molar-refractivity contribution in [3.63, 3.8) is 0 Å². The van der Waals surface area contributed by atoms with Gasteiger partial charge in [0.05, 0.1) is 0 Å². The minimum Gasteiger partial charge on any atom is -0.504 e. The average Bonchev–Trinajstić information content (AvgIpc) is 1.97. The smallest absolute Gasteiger partial charge is 0.200 e. The molecule has 3 heteroatoms. The lowest BCUT2D eigenvalue weighted by molar-refractivity contribution is 0.364. The van der Waals surface area contributed by atoms with Gasteiger partial charge >= 0.3 is 0 Å². The van der Waals surface area contributed by atoms with Gasteiger partial charge in [-0.05, 0) is 31.0 Å². The molecule has 3 N–H and O–H groups in total. The molecular formula is C8H10O3. The van der Waals surface area contributed by atoms with Crippen molar-refractivity contribution in [2.24, 2.45) is 0 Å². The van der Waals surface area contributed by atoms with Gasteiger partial charge < -0.3 is 15.3 Å². The Bertz CT molecular complexity index is 266. The molecule has 0 unspecified atom stereocenters. The van der Waals surface area contributed by atoms with Gasteiger partial charge in [0.25, 0.3) is 0 Å². The van der Waals surface area contributed by atoms with Crippen LogP contribution < -0.4 is 0 Å². The number of phenols is 3. The van der Waals surface area contributed by atoms with Crippen molar-refractivity contribution in [2.75, 3.05) is 0 Å². The number of rotatable bonds is 0. The highest BCUT2D eigenvalue weighted by atomic mass is 16.3. The zero-order valence-electron chi connectivity index (χ0n) is 6.42.